The first-order valence-corrected chi connectivity index (χ1v) is 10.7. The minimum atomic E-state index is -1.37. The molecule has 180 valence electrons. The largest absolute Gasteiger partial charge is 0.502 e. The molecule has 3 N–H and O–H groups in total. The molecule has 10 nitrogen and oxygen atoms in total. The maximum absolute atomic E-state index is 14.2. The van der Waals surface area contributed by atoms with Gasteiger partial charge in [0.15, 0.2) is 17.1 Å². The second-order valence-corrected chi connectivity index (χ2v) is 8.76. The van der Waals surface area contributed by atoms with E-state index in [-0.39, 0.29) is 29.6 Å². The Morgan fingerprint density at radius 2 is 2.09 bits per heavy atom. The first-order valence-electron chi connectivity index (χ1n) is 10.3. The average Bonchev–Trinajstić information content (AvgIpc) is 3.42. The quantitative estimate of drug-likeness (QED) is 0.532. The Hall–Kier alpha value is -3.22. The Morgan fingerprint density at radius 3 is 2.76 bits per heavy atom. The molecule has 3 aliphatic rings. The van der Waals surface area contributed by atoms with Crippen molar-refractivity contribution in [3.63, 3.8) is 0 Å². The molecule has 0 bridgehead atoms. The van der Waals surface area contributed by atoms with Gasteiger partial charge in [0.1, 0.15) is 23.3 Å². The summed E-state index contributed by atoms with van der Waals surface area (Å²) in [5, 5.41) is 24.9. The Balaban J connectivity index is 1.61. The summed E-state index contributed by atoms with van der Waals surface area (Å²) < 4.78 is 35.0. The van der Waals surface area contributed by atoms with E-state index in [0.29, 0.717) is 13.0 Å². The molecule has 1 fully saturated rings. The molecule has 2 aromatic rings. The number of fused-ring (bicyclic) bond motifs is 1. The van der Waals surface area contributed by atoms with Crippen LogP contribution < -0.4 is 15.8 Å². The van der Waals surface area contributed by atoms with Crippen LogP contribution in [-0.2, 0) is 11.3 Å². The summed E-state index contributed by atoms with van der Waals surface area (Å²) in [7, 11) is 1.50. The summed E-state index contributed by atoms with van der Waals surface area (Å²) in [6.45, 7) is -0.292. The molecule has 0 saturated carbocycles. The minimum Gasteiger partial charge on any atom is -0.502 e. The maximum Gasteiger partial charge on any atom is 0.278 e. The number of likely N-dealkylation sites (N-methyl/N-ethyl adjacent to an activating group) is 1. The topological polar surface area (TPSA) is 124 Å². The number of carbonyl (C=O) groups is 2. The lowest BCUT2D eigenvalue weighted by Crippen LogP contribution is -2.69. The van der Waals surface area contributed by atoms with Gasteiger partial charge in [-0.2, -0.15) is 0 Å². The molecule has 1 saturated heterocycles. The zero-order valence-corrected chi connectivity index (χ0v) is 18.5. The van der Waals surface area contributed by atoms with Crippen molar-refractivity contribution in [1.29, 1.82) is 0 Å². The maximum atomic E-state index is 14.2. The van der Waals surface area contributed by atoms with E-state index >= 15 is 0 Å². The monoisotopic (exact) mass is 496 g/mol. The van der Waals surface area contributed by atoms with Crippen LogP contribution in [0.25, 0.3) is 0 Å². The molecule has 34 heavy (non-hydrogen) atoms. The number of aromatic nitrogens is 1. The Kier molecular flexibility index (Phi) is 5.08. The zero-order valence-electron chi connectivity index (χ0n) is 17.8. The van der Waals surface area contributed by atoms with Crippen molar-refractivity contribution >= 4 is 23.4 Å². The molecule has 5 rings (SSSR count). The van der Waals surface area contributed by atoms with Crippen molar-refractivity contribution in [3.8, 4) is 5.75 Å². The Morgan fingerprint density at radius 1 is 1.35 bits per heavy atom. The van der Waals surface area contributed by atoms with Gasteiger partial charge in [-0.15, -0.1) is 0 Å². The molecule has 2 unspecified atom stereocenters. The Labute approximate surface area is 195 Å². The number of aromatic hydroxyl groups is 1. The van der Waals surface area contributed by atoms with E-state index in [4.69, 9.17) is 16.3 Å². The van der Waals surface area contributed by atoms with Gasteiger partial charge in [-0.05, 0) is 12.1 Å². The predicted molar refractivity (Wildman–Crippen MR) is 113 cm³/mol. The van der Waals surface area contributed by atoms with Crippen molar-refractivity contribution in [3.05, 3.63) is 61.5 Å². The molecule has 1 aromatic heterocycles. The number of nitrogens with one attached hydrogen (secondary N) is 1. The fraction of sp³-hybridized carbons (Fsp3) is 0.381. The SMILES string of the molecule is CN1C(=O)c2c(O)c(=O)c(C(=O)NCc3c(F)ccc(Cl)c3F)c3n2N(CC3O)C12CCOC2. The van der Waals surface area contributed by atoms with Crippen LogP contribution >= 0.6 is 11.6 Å². The number of carbonyl (C=O) groups excluding carboxylic acids is 2. The fourth-order valence-electron chi connectivity index (χ4n) is 4.85. The fourth-order valence-corrected chi connectivity index (χ4v) is 5.02. The lowest BCUT2D eigenvalue weighted by molar-refractivity contribution is 0.0311. The predicted octanol–water partition coefficient (Wildman–Crippen LogP) is 0.603. The highest BCUT2D eigenvalue weighted by atomic mass is 35.5. The van der Waals surface area contributed by atoms with E-state index in [2.05, 4.69) is 5.32 Å². The smallest absolute Gasteiger partial charge is 0.278 e. The number of ether oxygens (including phenoxy) is 1. The normalized spacial score (nSPS) is 23.1. The number of rotatable bonds is 3. The van der Waals surface area contributed by atoms with Gasteiger partial charge in [0, 0.05) is 25.6 Å². The second kappa shape index (κ2) is 7.65. The minimum absolute atomic E-state index is 0.0886. The molecule has 0 aliphatic carbocycles. The van der Waals surface area contributed by atoms with Gasteiger partial charge in [-0.3, -0.25) is 19.4 Å². The van der Waals surface area contributed by atoms with E-state index in [1.807, 2.05) is 0 Å². The van der Waals surface area contributed by atoms with Crippen LogP contribution in [0, 0.1) is 11.6 Å². The molecular weight excluding hydrogens is 478 g/mol. The lowest BCUT2D eigenvalue weighted by Gasteiger charge is -2.50. The molecule has 2 amide bonds. The van der Waals surface area contributed by atoms with E-state index in [0.717, 1.165) is 12.1 Å². The van der Waals surface area contributed by atoms with Crippen molar-refractivity contribution in [2.45, 2.75) is 24.7 Å². The van der Waals surface area contributed by atoms with Crippen LogP contribution in [0.5, 0.6) is 5.75 Å². The molecule has 0 radical (unpaired) electrons. The third kappa shape index (κ3) is 2.88. The van der Waals surface area contributed by atoms with Gasteiger partial charge in [-0.1, -0.05) is 11.6 Å². The summed E-state index contributed by atoms with van der Waals surface area (Å²) >= 11 is 5.68. The van der Waals surface area contributed by atoms with E-state index < -0.39 is 64.1 Å². The molecule has 13 heteroatoms. The summed E-state index contributed by atoms with van der Waals surface area (Å²) in [5.74, 6) is -4.77. The lowest BCUT2D eigenvalue weighted by atomic mass is 10.0. The van der Waals surface area contributed by atoms with Crippen molar-refractivity contribution in [1.82, 2.24) is 14.9 Å². The highest BCUT2D eigenvalue weighted by Crippen LogP contribution is 2.42. The zero-order chi connectivity index (χ0) is 24.5. The molecule has 1 aromatic carbocycles. The number of benzene rings is 1. The van der Waals surface area contributed by atoms with Gasteiger partial charge in [0.05, 0.1) is 30.5 Å². The third-order valence-corrected chi connectivity index (χ3v) is 6.94. The van der Waals surface area contributed by atoms with E-state index in [1.54, 1.807) is 5.01 Å². The number of hydrogen-bond acceptors (Lipinski definition) is 7. The van der Waals surface area contributed by atoms with Crippen molar-refractivity contribution < 1.29 is 33.3 Å². The number of pyridine rings is 1. The summed E-state index contributed by atoms with van der Waals surface area (Å²) in [6.07, 6.45) is -0.980. The summed E-state index contributed by atoms with van der Waals surface area (Å²) in [6, 6.07) is 1.95. The van der Waals surface area contributed by atoms with Gasteiger partial charge in [0.2, 0.25) is 5.43 Å². The molecule has 1 spiro atoms. The summed E-state index contributed by atoms with van der Waals surface area (Å²) in [5.41, 5.74) is -3.92. The van der Waals surface area contributed by atoms with E-state index in [1.165, 1.54) is 16.6 Å². The number of amides is 2. The highest BCUT2D eigenvalue weighted by molar-refractivity contribution is 6.30. The van der Waals surface area contributed by atoms with Crippen LogP contribution in [-0.4, -0.2) is 64.1 Å². The van der Waals surface area contributed by atoms with Crippen molar-refractivity contribution in [2.24, 2.45) is 0 Å². The first-order chi connectivity index (χ1) is 16.1. The standard InChI is InChI=1S/C21H19ClF2N4O6/c1-26-20(33)16-18(31)17(30)13(19(32)25-6-9-11(23)3-2-10(22)14(9)24)15-12(29)7-27(28(15)16)21(26)4-5-34-8-21/h2-3,12,29,31H,4-8H2,1H3,(H,25,32). The van der Waals surface area contributed by atoms with Crippen LogP contribution in [0.1, 0.15) is 44.6 Å². The number of hydrogen-bond donors (Lipinski definition) is 3. The second-order valence-electron chi connectivity index (χ2n) is 8.35. The number of aliphatic hydroxyl groups excluding tert-OH is 1. The van der Waals surface area contributed by atoms with Gasteiger partial charge in [0.25, 0.3) is 11.8 Å². The average molecular weight is 497 g/mol. The van der Waals surface area contributed by atoms with Gasteiger partial charge >= 0.3 is 0 Å². The van der Waals surface area contributed by atoms with Crippen LogP contribution in [0.4, 0.5) is 8.78 Å². The molecular formula is C21H19ClF2N4O6. The number of nitrogens with zero attached hydrogens (tertiary/aromatic N) is 3. The van der Waals surface area contributed by atoms with Gasteiger partial charge in [-0.25, -0.2) is 13.5 Å². The number of halogens is 3. The van der Waals surface area contributed by atoms with E-state index in [9.17, 15) is 33.4 Å². The highest BCUT2D eigenvalue weighted by Gasteiger charge is 2.56. The van der Waals surface area contributed by atoms with Crippen molar-refractivity contribution in [2.75, 3.05) is 31.8 Å². The van der Waals surface area contributed by atoms with Crippen LogP contribution in [0.2, 0.25) is 5.02 Å². The molecule has 2 atom stereocenters. The summed E-state index contributed by atoms with van der Waals surface area (Å²) in [4.78, 5) is 40.5. The van der Waals surface area contributed by atoms with Gasteiger partial charge < -0.3 is 25.2 Å². The van der Waals surface area contributed by atoms with Crippen LogP contribution in [0.15, 0.2) is 16.9 Å². The molecule has 4 heterocycles. The Bertz CT molecular complexity index is 1310. The first kappa shape index (κ1) is 22.6. The third-order valence-electron chi connectivity index (χ3n) is 6.65. The van der Waals surface area contributed by atoms with Crippen LogP contribution in [0.3, 0.4) is 0 Å². The number of aliphatic hydroxyl groups is 1. The molecule has 3 aliphatic heterocycles.